The van der Waals surface area contributed by atoms with Crippen molar-refractivity contribution in [2.75, 3.05) is 46.8 Å². The van der Waals surface area contributed by atoms with Crippen molar-refractivity contribution in [2.24, 2.45) is 5.73 Å². The van der Waals surface area contributed by atoms with Crippen LogP contribution < -0.4 is 5.73 Å². The molecule has 1 unspecified atom stereocenters. The maximum atomic E-state index is 9.52. The molecule has 0 aliphatic heterocycles. The maximum absolute atomic E-state index is 9.52. The predicted octanol–water partition coefficient (Wildman–Crippen LogP) is 0.903. The van der Waals surface area contributed by atoms with Crippen molar-refractivity contribution in [2.45, 2.75) is 12.0 Å². The van der Waals surface area contributed by atoms with Gasteiger partial charge < -0.3 is 25.1 Å². The number of ether oxygens (including phenoxy) is 3. The third kappa shape index (κ3) is 5.98. The monoisotopic (exact) mass is 283 g/mol. The van der Waals surface area contributed by atoms with Crippen LogP contribution in [-0.4, -0.2) is 51.9 Å². The molecule has 0 radical (unpaired) electrons. The Morgan fingerprint density at radius 1 is 1.00 bits per heavy atom. The molecule has 0 aromatic heterocycles. The highest BCUT2D eigenvalue weighted by molar-refractivity contribution is 5.23. The summed E-state index contributed by atoms with van der Waals surface area (Å²) >= 11 is 0. The van der Waals surface area contributed by atoms with Crippen LogP contribution in [0.25, 0.3) is 0 Å². The van der Waals surface area contributed by atoms with Crippen LogP contribution in [0.2, 0.25) is 0 Å². The number of nitrogens with two attached hydrogens (primary N) is 1. The zero-order valence-corrected chi connectivity index (χ0v) is 12.1. The lowest BCUT2D eigenvalue weighted by atomic mass is 9.89. The summed E-state index contributed by atoms with van der Waals surface area (Å²) in [4.78, 5) is 0. The van der Waals surface area contributed by atoms with Gasteiger partial charge in [0.15, 0.2) is 0 Å². The van der Waals surface area contributed by atoms with Crippen LogP contribution in [0.5, 0.6) is 0 Å². The van der Waals surface area contributed by atoms with E-state index in [0.717, 1.165) is 5.56 Å². The Kier molecular flexibility index (Phi) is 8.41. The quantitative estimate of drug-likeness (QED) is 0.590. The van der Waals surface area contributed by atoms with E-state index in [-0.39, 0.29) is 6.61 Å². The zero-order chi connectivity index (χ0) is 14.7. The van der Waals surface area contributed by atoms with E-state index < -0.39 is 5.54 Å². The van der Waals surface area contributed by atoms with Crippen molar-refractivity contribution >= 4 is 0 Å². The van der Waals surface area contributed by atoms with Crippen LogP contribution in [0, 0.1) is 0 Å². The first-order valence-electron chi connectivity index (χ1n) is 6.82. The number of benzene rings is 1. The van der Waals surface area contributed by atoms with E-state index in [1.165, 1.54) is 0 Å². The lowest BCUT2D eigenvalue weighted by molar-refractivity contribution is 0.0180. The molecule has 20 heavy (non-hydrogen) atoms. The van der Waals surface area contributed by atoms with Gasteiger partial charge in [-0.1, -0.05) is 30.3 Å². The Labute approximate surface area is 120 Å². The Bertz CT molecular complexity index is 347. The van der Waals surface area contributed by atoms with E-state index in [9.17, 15) is 5.11 Å². The number of hydrogen-bond donors (Lipinski definition) is 2. The van der Waals surface area contributed by atoms with Crippen molar-refractivity contribution in [3.63, 3.8) is 0 Å². The van der Waals surface area contributed by atoms with E-state index in [0.29, 0.717) is 39.5 Å². The molecule has 0 saturated carbocycles. The summed E-state index contributed by atoms with van der Waals surface area (Å²) in [5.41, 5.74) is 6.39. The predicted molar refractivity (Wildman–Crippen MR) is 77.5 cm³/mol. The second-order valence-electron chi connectivity index (χ2n) is 4.65. The molecule has 0 fully saturated rings. The molecule has 0 aliphatic rings. The molecule has 1 aromatic rings. The molecular formula is C15H25NO4. The highest BCUT2D eigenvalue weighted by Gasteiger charge is 2.25. The minimum Gasteiger partial charge on any atom is -0.394 e. The first kappa shape index (κ1) is 17.1. The first-order chi connectivity index (χ1) is 9.73. The van der Waals surface area contributed by atoms with Crippen LogP contribution in [0.4, 0.5) is 0 Å². The van der Waals surface area contributed by atoms with Crippen molar-refractivity contribution < 1.29 is 19.3 Å². The van der Waals surface area contributed by atoms with Gasteiger partial charge in [-0.2, -0.15) is 0 Å². The fraction of sp³-hybridized carbons (Fsp3) is 0.600. The molecule has 5 heteroatoms. The van der Waals surface area contributed by atoms with Gasteiger partial charge in [-0.25, -0.2) is 0 Å². The van der Waals surface area contributed by atoms with E-state index in [4.69, 9.17) is 19.9 Å². The molecule has 114 valence electrons. The Hall–Kier alpha value is -0.980. The molecule has 0 saturated heterocycles. The SMILES string of the molecule is COCCOCCOCCC(N)(CO)c1ccccc1. The summed E-state index contributed by atoms with van der Waals surface area (Å²) in [7, 11) is 1.64. The first-order valence-corrected chi connectivity index (χ1v) is 6.82. The van der Waals surface area contributed by atoms with E-state index in [1.807, 2.05) is 30.3 Å². The smallest absolute Gasteiger partial charge is 0.0701 e. The topological polar surface area (TPSA) is 73.9 Å². The van der Waals surface area contributed by atoms with Gasteiger partial charge >= 0.3 is 0 Å². The lowest BCUT2D eigenvalue weighted by Gasteiger charge is -2.27. The number of aliphatic hydroxyl groups excluding tert-OH is 1. The van der Waals surface area contributed by atoms with Gasteiger partial charge in [-0.3, -0.25) is 0 Å². The van der Waals surface area contributed by atoms with Gasteiger partial charge in [0, 0.05) is 13.7 Å². The largest absolute Gasteiger partial charge is 0.394 e. The second-order valence-corrected chi connectivity index (χ2v) is 4.65. The highest BCUT2D eigenvalue weighted by atomic mass is 16.5. The molecule has 1 rings (SSSR count). The minimum atomic E-state index is -0.752. The lowest BCUT2D eigenvalue weighted by Crippen LogP contribution is -2.41. The van der Waals surface area contributed by atoms with Gasteiger partial charge in [-0.15, -0.1) is 0 Å². The Morgan fingerprint density at radius 2 is 1.60 bits per heavy atom. The molecule has 0 aliphatic carbocycles. The van der Waals surface area contributed by atoms with Gasteiger partial charge in [0.25, 0.3) is 0 Å². The fourth-order valence-electron chi connectivity index (χ4n) is 1.80. The average molecular weight is 283 g/mol. The Morgan fingerprint density at radius 3 is 2.20 bits per heavy atom. The molecule has 1 atom stereocenters. The zero-order valence-electron chi connectivity index (χ0n) is 12.1. The Balaban J connectivity index is 2.22. The number of methoxy groups -OCH3 is 1. The minimum absolute atomic E-state index is 0.106. The fourth-order valence-corrected chi connectivity index (χ4v) is 1.80. The summed E-state index contributed by atoms with van der Waals surface area (Å²) in [6.07, 6.45) is 0.561. The summed E-state index contributed by atoms with van der Waals surface area (Å²) in [5, 5.41) is 9.52. The normalized spacial score (nSPS) is 14.2. The molecule has 0 heterocycles. The van der Waals surface area contributed by atoms with Crippen molar-refractivity contribution in [3.8, 4) is 0 Å². The van der Waals surface area contributed by atoms with Crippen LogP contribution in [0.3, 0.4) is 0 Å². The summed E-state index contributed by atoms with van der Waals surface area (Å²) in [6.45, 7) is 2.58. The second kappa shape index (κ2) is 9.85. The molecule has 0 amide bonds. The standard InChI is InChI=1S/C15H25NO4/c1-18-9-10-20-12-11-19-8-7-15(16,13-17)14-5-3-2-4-6-14/h2-6,17H,7-13,16H2,1H3. The van der Waals surface area contributed by atoms with Gasteiger partial charge in [0.05, 0.1) is 38.6 Å². The van der Waals surface area contributed by atoms with Gasteiger partial charge in [0.1, 0.15) is 0 Å². The van der Waals surface area contributed by atoms with Crippen LogP contribution in [-0.2, 0) is 19.7 Å². The van der Waals surface area contributed by atoms with Crippen LogP contribution in [0.1, 0.15) is 12.0 Å². The summed E-state index contributed by atoms with van der Waals surface area (Å²) in [5.74, 6) is 0. The van der Waals surface area contributed by atoms with Crippen molar-refractivity contribution in [1.82, 2.24) is 0 Å². The van der Waals surface area contributed by atoms with Crippen LogP contribution >= 0.6 is 0 Å². The number of rotatable bonds is 11. The molecule has 0 spiro atoms. The highest BCUT2D eigenvalue weighted by Crippen LogP contribution is 2.21. The molecule has 1 aromatic carbocycles. The molecular weight excluding hydrogens is 258 g/mol. The summed E-state index contributed by atoms with van der Waals surface area (Å²) < 4.78 is 15.6. The van der Waals surface area contributed by atoms with Crippen molar-refractivity contribution in [3.05, 3.63) is 35.9 Å². The van der Waals surface area contributed by atoms with Gasteiger partial charge in [0.2, 0.25) is 0 Å². The van der Waals surface area contributed by atoms with Crippen molar-refractivity contribution in [1.29, 1.82) is 0 Å². The third-order valence-corrected chi connectivity index (χ3v) is 3.13. The number of hydrogen-bond acceptors (Lipinski definition) is 5. The van der Waals surface area contributed by atoms with Crippen LogP contribution in [0.15, 0.2) is 30.3 Å². The number of aliphatic hydroxyl groups is 1. The molecule has 5 nitrogen and oxygen atoms in total. The van der Waals surface area contributed by atoms with E-state index >= 15 is 0 Å². The average Bonchev–Trinajstić information content (AvgIpc) is 2.50. The summed E-state index contributed by atoms with van der Waals surface area (Å²) in [6, 6.07) is 9.59. The maximum Gasteiger partial charge on any atom is 0.0701 e. The molecule has 0 bridgehead atoms. The molecule has 3 N–H and O–H groups in total. The van der Waals surface area contributed by atoms with Gasteiger partial charge in [-0.05, 0) is 12.0 Å². The van der Waals surface area contributed by atoms with E-state index in [2.05, 4.69) is 0 Å². The third-order valence-electron chi connectivity index (χ3n) is 3.13. The van der Waals surface area contributed by atoms with E-state index in [1.54, 1.807) is 7.11 Å².